The fourth-order valence-electron chi connectivity index (χ4n) is 1.14. The van der Waals surface area contributed by atoms with Crippen LogP contribution in [-0.2, 0) is 0 Å². The molecule has 0 spiro atoms. The van der Waals surface area contributed by atoms with Crippen molar-refractivity contribution in [3.63, 3.8) is 0 Å². The molecule has 78 valence electrons. The van der Waals surface area contributed by atoms with Gasteiger partial charge in [0.05, 0.1) is 11.1 Å². The van der Waals surface area contributed by atoms with Crippen molar-refractivity contribution in [1.82, 2.24) is 5.32 Å². The van der Waals surface area contributed by atoms with Gasteiger partial charge in [-0.3, -0.25) is 0 Å². The highest BCUT2D eigenvalue weighted by atomic mass is 79.9. The maximum atomic E-state index is 13.5. The third kappa shape index (κ3) is 2.45. The van der Waals surface area contributed by atoms with Crippen LogP contribution in [0, 0.1) is 5.82 Å². The number of nitrogens with one attached hydrogen (secondary N) is 1. The maximum absolute atomic E-state index is 13.5. The smallest absolute Gasteiger partial charge is 0.148 e. The Morgan fingerprint density at radius 1 is 1.64 bits per heavy atom. The lowest BCUT2D eigenvalue weighted by Gasteiger charge is -2.13. The van der Waals surface area contributed by atoms with E-state index in [0.29, 0.717) is 4.47 Å². The van der Waals surface area contributed by atoms with Crippen LogP contribution >= 0.6 is 27.5 Å². The monoisotopic (exact) mass is 281 g/mol. The minimum absolute atomic E-state index is 0.0124. The molecule has 1 unspecified atom stereocenters. The van der Waals surface area contributed by atoms with Crippen molar-refractivity contribution < 1.29 is 9.50 Å². The molecule has 0 heterocycles. The highest BCUT2D eigenvalue weighted by Crippen LogP contribution is 2.30. The molecular weight excluding hydrogens is 272 g/mol. The molecule has 1 rings (SSSR count). The summed E-state index contributed by atoms with van der Waals surface area (Å²) in [7, 11) is 1.68. The van der Waals surface area contributed by atoms with Gasteiger partial charge in [0.2, 0.25) is 0 Å². The van der Waals surface area contributed by atoms with Crippen LogP contribution in [0.4, 0.5) is 4.39 Å². The van der Waals surface area contributed by atoms with Gasteiger partial charge in [-0.2, -0.15) is 0 Å². The van der Waals surface area contributed by atoms with Crippen LogP contribution in [0.5, 0.6) is 0 Å². The van der Waals surface area contributed by atoms with Gasteiger partial charge in [-0.1, -0.05) is 27.5 Å². The molecule has 0 saturated carbocycles. The molecule has 0 aromatic heterocycles. The molecule has 0 radical (unpaired) electrons. The molecule has 1 aromatic rings. The summed E-state index contributed by atoms with van der Waals surface area (Å²) in [5, 5.41) is 12.4. The van der Waals surface area contributed by atoms with Crippen LogP contribution in [0.1, 0.15) is 11.7 Å². The van der Waals surface area contributed by atoms with E-state index in [1.807, 2.05) is 0 Å². The SMILES string of the molecule is CNCC(O)c1c(Br)ccc(Cl)c1F. The Bertz CT molecular complexity index is 335. The van der Waals surface area contributed by atoms with E-state index in [9.17, 15) is 9.50 Å². The molecule has 0 amide bonds. The normalized spacial score (nSPS) is 12.9. The number of aliphatic hydroxyl groups excluding tert-OH is 1. The molecule has 1 aromatic carbocycles. The van der Waals surface area contributed by atoms with Crippen molar-refractivity contribution >= 4 is 27.5 Å². The second-order valence-corrected chi connectivity index (χ2v) is 4.09. The molecule has 5 heteroatoms. The summed E-state index contributed by atoms with van der Waals surface area (Å²) in [5.41, 5.74) is 0.187. The van der Waals surface area contributed by atoms with Gasteiger partial charge in [0.25, 0.3) is 0 Å². The zero-order valence-corrected chi connectivity index (χ0v) is 9.86. The molecule has 0 aliphatic carbocycles. The topological polar surface area (TPSA) is 32.3 Å². The van der Waals surface area contributed by atoms with Crippen LogP contribution in [0.15, 0.2) is 16.6 Å². The minimum Gasteiger partial charge on any atom is -0.387 e. The van der Waals surface area contributed by atoms with E-state index in [4.69, 9.17) is 11.6 Å². The van der Waals surface area contributed by atoms with Crippen molar-refractivity contribution in [3.8, 4) is 0 Å². The Balaban J connectivity index is 3.11. The minimum atomic E-state index is -0.909. The molecule has 0 bridgehead atoms. The van der Waals surface area contributed by atoms with Gasteiger partial charge in [-0.15, -0.1) is 0 Å². The molecule has 0 aliphatic heterocycles. The quantitative estimate of drug-likeness (QED) is 0.835. The van der Waals surface area contributed by atoms with Crippen LogP contribution in [0.2, 0.25) is 5.02 Å². The van der Waals surface area contributed by atoms with E-state index in [0.717, 1.165) is 0 Å². The van der Waals surface area contributed by atoms with Crippen molar-refractivity contribution in [3.05, 3.63) is 33.0 Å². The average molecular weight is 283 g/mol. The molecule has 0 aliphatic rings. The van der Waals surface area contributed by atoms with Gasteiger partial charge >= 0.3 is 0 Å². The summed E-state index contributed by atoms with van der Waals surface area (Å²) in [6.07, 6.45) is -0.909. The fourth-order valence-corrected chi connectivity index (χ4v) is 1.88. The lowest BCUT2D eigenvalue weighted by molar-refractivity contribution is 0.172. The van der Waals surface area contributed by atoms with E-state index in [-0.39, 0.29) is 17.1 Å². The summed E-state index contributed by atoms with van der Waals surface area (Å²) in [4.78, 5) is 0. The summed E-state index contributed by atoms with van der Waals surface area (Å²) in [6, 6.07) is 3.05. The zero-order chi connectivity index (χ0) is 10.7. The van der Waals surface area contributed by atoms with Crippen LogP contribution in [0.3, 0.4) is 0 Å². The van der Waals surface area contributed by atoms with E-state index >= 15 is 0 Å². The van der Waals surface area contributed by atoms with E-state index in [1.54, 1.807) is 13.1 Å². The predicted molar refractivity (Wildman–Crippen MR) is 58.0 cm³/mol. The zero-order valence-electron chi connectivity index (χ0n) is 7.52. The second-order valence-electron chi connectivity index (χ2n) is 2.83. The predicted octanol–water partition coefficient (Wildman–Crippen LogP) is 2.49. The molecule has 1 atom stereocenters. The van der Waals surface area contributed by atoms with Gasteiger partial charge in [-0.05, 0) is 19.2 Å². The number of rotatable bonds is 3. The van der Waals surface area contributed by atoms with Gasteiger partial charge < -0.3 is 10.4 Å². The first-order valence-corrected chi connectivity index (χ1v) is 5.21. The molecular formula is C9H10BrClFNO. The van der Waals surface area contributed by atoms with Crippen molar-refractivity contribution in [2.24, 2.45) is 0 Å². The maximum Gasteiger partial charge on any atom is 0.148 e. The highest BCUT2D eigenvalue weighted by molar-refractivity contribution is 9.10. The van der Waals surface area contributed by atoms with Crippen molar-refractivity contribution in [2.45, 2.75) is 6.10 Å². The third-order valence-electron chi connectivity index (χ3n) is 1.81. The Morgan fingerprint density at radius 2 is 2.29 bits per heavy atom. The van der Waals surface area contributed by atoms with Crippen molar-refractivity contribution in [1.29, 1.82) is 0 Å². The lowest BCUT2D eigenvalue weighted by Crippen LogP contribution is -2.18. The first kappa shape index (κ1) is 11.9. The number of benzene rings is 1. The van der Waals surface area contributed by atoms with E-state index < -0.39 is 11.9 Å². The standard InChI is InChI=1S/C9H10BrClFNO/c1-13-4-7(14)8-5(10)2-3-6(11)9(8)12/h2-3,7,13-14H,4H2,1H3. The lowest BCUT2D eigenvalue weighted by atomic mass is 10.1. The largest absolute Gasteiger partial charge is 0.387 e. The highest BCUT2D eigenvalue weighted by Gasteiger charge is 2.17. The first-order valence-electron chi connectivity index (χ1n) is 4.04. The van der Waals surface area contributed by atoms with E-state index in [2.05, 4.69) is 21.2 Å². The Kier molecular flexibility index (Phi) is 4.31. The molecule has 2 N–H and O–H groups in total. The summed E-state index contributed by atoms with van der Waals surface area (Å²) >= 11 is 8.77. The number of likely N-dealkylation sites (N-methyl/N-ethyl adjacent to an activating group) is 1. The van der Waals surface area contributed by atoms with Crippen molar-refractivity contribution in [2.75, 3.05) is 13.6 Å². The number of hydrogen-bond donors (Lipinski definition) is 2. The number of aliphatic hydroxyl groups is 1. The van der Waals surface area contributed by atoms with Crippen LogP contribution in [0.25, 0.3) is 0 Å². The Labute approximate surface area is 95.2 Å². The average Bonchev–Trinajstić information content (AvgIpc) is 2.13. The molecule has 0 fully saturated rings. The molecule has 14 heavy (non-hydrogen) atoms. The van der Waals surface area contributed by atoms with Gasteiger partial charge in [0.15, 0.2) is 0 Å². The second kappa shape index (κ2) is 5.07. The Hall–Kier alpha value is -0.160. The summed E-state index contributed by atoms with van der Waals surface area (Å²) in [6.45, 7) is 0.274. The summed E-state index contributed by atoms with van der Waals surface area (Å²) in [5.74, 6) is -0.580. The van der Waals surface area contributed by atoms with Crippen LogP contribution < -0.4 is 5.32 Å². The fraction of sp³-hybridized carbons (Fsp3) is 0.333. The first-order chi connectivity index (χ1) is 6.57. The van der Waals surface area contributed by atoms with Gasteiger partial charge in [0, 0.05) is 16.6 Å². The number of halogens is 3. The Morgan fingerprint density at radius 3 is 2.86 bits per heavy atom. The van der Waals surface area contributed by atoms with Gasteiger partial charge in [-0.25, -0.2) is 4.39 Å². The third-order valence-corrected chi connectivity index (χ3v) is 2.79. The van der Waals surface area contributed by atoms with Crippen LogP contribution in [-0.4, -0.2) is 18.7 Å². The van der Waals surface area contributed by atoms with E-state index in [1.165, 1.54) is 6.07 Å². The number of hydrogen-bond acceptors (Lipinski definition) is 2. The summed E-state index contributed by atoms with van der Waals surface area (Å²) < 4.78 is 14.0. The van der Waals surface area contributed by atoms with Gasteiger partial charge in [0.1, 0.15) is 5.82 Å². The molecule has 0 saturated heterocycles. The molecule has 2 nitrogen and oxygen atoms in total.